The minimum atomic E-state index is -0.292. The number of ether oxygens (including phenoxy) is 2. The molecule has 2 N–H and O–H groups in total. The van der Waals surface area contributed by atoms with E-state index in [0.29, 0.717) is 35.9 Å². The normalized spacial score (nSPS) is 18.4. The van der Waals surface area contributed by atoms with E-state index in [9.17, 15) is 4.79 Å². The summed E-state index contributed by atoms with van der Waals surface area (Å²) in [5.74, 6) is 0.849. The first-order chi connectivity index (χ1) is 14.4. The predicted octanol–water partition coefficient (Wildman–Crippen LogP) is 3.80. The van der Waals surface area contributed by atoms with Gasteiger partial charge in [-0.1, -0.05) is 30.3 Å². The Bertz CT molecular complexity index is 1120. The molecular weight excluding hydrogens is 398 g/mol. The van der Waals surface area contributed by atoms with Crippen molar-refractivity contribution < 1.29 is 14.3 Å². The van der Waals surface area contributed by atoms with Gasteiger partial charge >= 0.3 is 0 Å². The molecule has 156 valence electrons. The molecular formula is C23H25N3O3S. The summed E-state index contributed by atoms with van der Waals surface area (Å²) in [6.45, 7) is 7.49. The summed E-state index contributed by atoms with van der Waals surface area (Å²) in [6, 6.07) is 9.32. The molecule has 0 spiro atoms. The molecule has 30 heavy (non-hydrogen) atoms. The summed E-state index contributed by atoms with van der Waals surface area (Å²) in [6.07, 6.45) is 0.717. The van der Waals surface area contributed by atoms with Gasteiger partial charge in [-0.05, 0) is 19.4 Å². The van der Waals surface area contributed by atoms with Crippen molar-refractivity contribution in [1.29, 1.82) is 0 Å². The van der Waals surface area contributed by atoms with Crippen molar-refractivity contribution in [2.75, 3.05) is 36.9 Å². The van der Waals surface area contributed by atoms with E-state index < -0.39 is 0 Å². The average molecular weight is 424 g/mol. The number of morpholine rings is 1. The number of hydrogen-bond donors (Lipinski definition) is 1. The number of nitrogens with zero attached hydrogens (tertiary/aromatic N) is 2. The van der Waals surface area contributed by atoms with Gasteiger partial charge in [0.2, 0.25) is 5.78 Å². The van der Waals surface area contributed by atoms with Crippen LogP contribution in [0.2, 0.25) is 0 Å². The molecule has 0 bridgehead atoms. The number of ketones is 1. The van der Waals surface area contributed by atoms with E-state index >= 15 is 0 Å². The highest BCUT2D eigenvalue weighted by molar-refractivity contribution is 7.22. The van der Waals surface area contributed by atoms with Crippen molar-refractivity contribution in [3.05, 3.63) is 52.0 Å². The zero-order valence-electron chi connectivity index (χ0n) is 17.2. The second-order valence-corrected chi connectivity index (χ2v) is 9.45. The van der Waals surface area contributed by atoms with E-state index in [1.807, 2.05) is 30.3 Å². The number of nitrogen functional groups attached to an aromatic ring is 1. The number of anilines is 2. The number of carbonyl (C=O) groups is 1. The first kappa shape index (κ1) is 19.5. The van der Waals surface area contributed by atoms with Crippen LogP contribution in [-0.2, 0) is 22.5 Å². The number of nitrogens with two attached hydrogens (primary N) is 1. The molecule has 3 aromatic rings. The highest BCUT2D eigenvalue weighted by Crippen LogP contribution is 2.45. The first-order valence-corrected chi connectivity index (χ1v) is 11.1. The van der Waals surface area contributed by atoms with Gasteiger partial charge in [0.15, 0.2) is 0 Å². The summed E-state index contributed by atoms with van der Waals surface area (Å²) in [7, 11) is 0. The molecule has 4 heterocycles. The summed E-state index contributed by atoms with van der Waals surface area (Å²) < 4.78 is 12.6. The fourth-order valence-corrected chi connectivity index (χ4v) is 5.45. The van der Waals surface area contributed by atoms with Crippen LogP contribution < -0.4 is 10.6 Å². The minimum Gasteiger partial charge on any atom is -0.397 e. The lowest BCUT2D eigenvalue weighted by atomic mass is 9.91. The SMILES string of the molecule is CC1(C)Cc2c(nc(N3CCOCC3)c3sc(C(=O)c4ccccc4)c(N)c23)CO1. The van der Waals surface area contributed by atoms with Crippen molar-refractivity contribution in [3.8, 4) is 0 Å². The van der Waals surface area contributed by atoms with Crippen molar-refractivity contribution >= 4 is 38.7 Å². The van der Waals surface area contributed by atoms with E-state index in [1.54, 1.807) is 0 Å². The van der Waals surface area contributed by atoms with E-state index in [-0.39, 0.29) is 11.4 Å². The Morgan fingerprint density at radius 2 is 1.93 bits per heavy atom. The highest BCUT2D eigenvalue weighted by atomic mass is 32.1. The first-order valence-electron chi connectivity index (χ1n) is 10.2. The molecule has 2 aliphatic rings. The average Bonchev–Trinajstić information content (AvgIpc) is 3.11. The number of fused-ring (bicyclic) bond motifs is 3. The lowest BCUT2D eigenvalue weighted by molar-refractivity contribution is -0.0415. The van der Waals surface area contributed by atoms with Gasteiger partial charge in [-0.3, -0.25) is 4.79 Å². The van der Waals surface area contributed by atoms with Gasteiger partial charge in [-0.15, -0.1) is 11.3 Å². The highest BCUT2D eigenvalue weighted by Gasteiger charge is 2.33. The van der Waals surface area contributed by atoms with Gasteiger partial charge in [-0.2, -0.15) is 0 Å². The van der Waals surface area contributed by atoms with Crippen LogP contribution in [0.15, 0.2) is 30.3 Å². The Balaban J connectivity index is 1.73. The molecule has 6 nitrogen and oxygen atoms in total. The fourth-order valence-electron chi connectivity index (χ4n) is 4.22. The number of benzene rings is 1. The number of rotatable bonds is 3. The van der Waals surface area contributed by atoms with Crippen LogP contribution in [-0.4, -0.2) is 42.7 Å². The molecule has 0 saturated carbocycles. The molecule has 2 aromatic heterocycles. The molecule has 1 fully saturated rings. The van der Waals surface area contributed by atoms with Gasteiger partial charge in [0.25, 0.3) is 0 Å². The lowest BCUT2D eigenvalue weighted by Gasteiger charge is -2.34. The van der Waals surface area contributed by atoms with Crippen LogP contribution in [0.1, 0.15) is 40.3 Å². The second-order valence-electron chi connectivity index (χ2n) is 8.43. The van der Waals surface area contributed by atoms with Crippen LogP contribution in [0.3, 0.4) is 0 Å². The standard InChI is InChI=1S/C23H25N3O3S/c1-23(2)12-15-16(13-29-23)25-22(26-8-10-28-11-9-26)20-17(15)18(24)21(30-20)19(27)14-6-4-3-5-7-14/h3-7H,8-13,24H2,1-2H3. The topological polar surface area (TPSA) is 77.7 Å². The summed E-state index contributed by atoms with van der Waals surface area (Å²) in [5, 5.41) is 0.974. The van der Waals surface area contributed by atoms with Crippen molar-refractivity contribution in [3.63, 3.8) is 0 Å². The Labute approximate surface area is 179 Å². The number of carbonyl (C=O) groups excluding carboxylic acids is 1. The van der Waals surface area contributed by atoms with Crippen molar-refractivity contribution in [2.24, 2.45) is 0 Å². The third kappa shape index (κ3) is 3.27. The predicted molar refractivity (Wildman–Crippen MR) is 120 cm³/mol. The molecule has 0 radical (unpaired) electrons. The quantitative estimate of drug-likeness (QED) is 0.646. The molecule has 0 aliphatic carbocycles. The number of aromatic nitrogens is 1. The van der Waals surface area contributed by atoms with Crippen molar-refractivity contribution in [1.82, 2.24) is 4.98 Å². The smallest absolute Gasteiger partial charge is 0.205 e. The van der Waals surface area contributed by atoms with Gasteiger partial charge in [-0.25, -0.2) is 4.98 Å². The van der Waals surface area contributed by atoms with E-state index in [0.717, 1.165) is 46.7 Å². The molecule has 0 amide bonds. The second kappa shape index (κ2) is 7.34. The third-order valence-electron chi connectivity index (χ3n) is 5.79. The van der Waals surface area contributed by atoms with Crippen LogP contribution in [0.5, 0.6) is 0 Å². The maximum absolute atomic E-state index is 13.3. The Morgan fingerprint density at radius 3 is 2.67 bits per heavy atom. The number of hydrogen-bond acceptors (Lipinski definition) is 7. The number of pyridine rings is 1. The largest absolute Gasteiger partial charge is 0.397 e. The van der Waals surface area contributed by atoms with Crippen LogP contribution in [0.25, 0.3) is 10.1 Å². The molecule has 5 rings (SSSR count). The molecule has 1 aromatic carbocycles. The third-order valence-corrected chi connectivity index (χ3v) is 6.99. The zero-order valence-corrected chi connectivity index (χ0v) is 18.1. The Kier molecular flexibility index (Phi) is 4.76. The number of thiophene rings is 1. The van der Waals surface area contributed by atoms with Gasteiger partial charge < -0.3 is 20.1 Å². The lowest BCUT2D eigenvalue weighted by Crippen LogP contribution is -2.38. The summed E-state index contributed by atoms with van der Waals surface area (Å²) in [5.41, 5.74) is 9.62. The Morgan fingerprint density at radius 1 is 1.20 bits per heavy atom. The van der Waals surface area contributed by atoms with Gasteiger partial charge in [0.05, 0.1) is 46.4 Å². The van der Waals surface area contributed by atoms with Crippen LogP contribution in [0, 0.1) is 0 Å². The van der Waals surface area contributed by atoms with Crippen LogP contribution in [0.4, 0.5) is 11.5 Å². The Hall–Kier alpha value is -2.48. The zero-order chi connectivity index (χ0) is 20.9. The fraction of sp³-hybridized carbons (Fsp3) is 0.391. The summed E-state index contributed by atoms with van der Waals surface area (Å²) in [4.78, 5) is 21.1. The molecule has 0 unspecified atom stereocenters. The van der Waals surface area contributed by atoms with Crippen LogP contribution >= 0.6 is 11.3 Å². The maximum Gasteiger partial charge on any atom is 0.205 e. The minimum absolute atomic E-state index is 0.0395. The monoisotopic (exact) mass is 423 g/mol. The molecule has 2 aliphatic heterocycles. The molecule has 1 saturated heterocycles. The maximum atomic E-state index is 13.3. The van der Waals surface area contributed by atoms with Gasteiger partial charge in [0.1, 0.15) is 5.82 Å². The molecule has 7 heteroatoms. The van der Waals surface area contributed by atoms with Crippen molar-refractivity contribution in [2.45, 2.75) is 32.5 Å². The molecule has 0 atom stereocenters. The van der Waals surface area contributed by atoms with E-state index in [2.05, 4.69) is 18.7 Å². The van der Waals surface area contributed by atoms with Gasteiger partial charge in [0, 0.05) is 30.5 Å². The van der Waals surface area contributed by atoms with E-state index in [4.69, 9.17) is 20.2 Å². The summed E-state index contributed by atoms with van der Waals surface area (Å²) >= 11 is 1.46. The van der Waals surface area contributed by atoms with E-state index in [1.165, 1.54) is 11.3 Å².